The average Bonchev–Trinajstić information content (AvgIpc) is 2.51. The normalized spacial score (nSPS) is 14.5. The molecule has 0 heterocycles. The van der Waals surface area contributed by atoms with Crippen molar-refractivity contribution in [3.8, 4) is 0 Å². The highest BCUT2D eigenvalue weighted by atomic mass is 16.5. The number of aryl methyl sites for hydroxylation is 1. The fraction of sp³-hybridized carbons (Fsp3) is 0.250. The topological polar surface area (TPSA) is 72.8 Å². The molecule has 0 radical (unpaired) electrons. The Balaban J connectivity index is 2.64. The molecule has 1 aromatic carbocycles. The Kier molecular flexibility index (Phi) is 4.42. The maximum Gasteiger partial charge on any atom is 0.341 e. The number of esters is 2. The zero-order valence-electron chi connectivity index (χ0n) is 11.9. The molecule has 0 spiro atoms. The summed E-state index contributed by atoms with van der Waals surface area (Å²) >= 11 is 0. The van der Waals surface area contributed by atoms with Gasteiger partial charge < -0.3 is 14.6 Å². The average molecular weight is 288 g/mol. The van der Waals surface area contributed by atoms with E-state index in [0.717, 1.165) is 5.56 Å². The first-order valence-corrected chi connectivity index (χ1v) is 6.47. The molecule has 0 aliphatic heterocycles. The highest BCUT2D eigenvalue weighted by molar-refractivity contribution is 6.02. The van der Waals surface area contributed by atoms with Crippen molar-refractivity contribution in [2.75, 3.05) is 14.2 Å². The van der Waals surface area contributed by atoms with Gasteiger partial charge in [0.25, 0.3) is 0 Å². The van der Waals surface area contributed by atoms with Gasteiger partial charge in [-0.15, -0.1) is 0 Å². The number of hydrogen-bond acceptors (Lipinski definition) is 5. The summed E-state index contributed by atoms with van der Waals surface area (Å²) in [6.45, 7) is 0. The van der Waals surface area contributed by atoms with E-state index in [0.29, 0.717) is 24.0 Å². The van der Waals surface area contributed by atoms with E-state index in [1.165, 1.54) is 20.3 Å². The monoisotopic (exact) mass is 288 g/mol. The molecule has 0 unspecified atom stereocenters. The summed E-state index contributed by atoms with van der Waals surface area (Å²) in [5.74, 6) is -1.42. The first-order valence-electron chi connectivity index (χ1n) is 6.47. The number of fused-ring (bicyclic) bond motifs is 1. The first-order chi connectivity index (χ1) is 10.1. The van der Waals surface area contributed by atoms with Gasteiger partial charge in [0, 0.05) is 11.1 Å². The van der Waals surface area contributed by atoms with Gasteiger partial charge in [0.15, 0.2) is 0 Å². The lowest BCUT2D eigenvalue weighted by Gasteiger charge is -2.15. The third kappa shape index (κ3) is 2.97. The molecule has 1 aromatic rings. The zero-order valence-corrected chi connectivity index (χ0v) is 11.9. The Morgan fingerprint density at radius 3 is 2.38 bits per heavy atom. The van der Waals surface area contributed by atoms with E-state index in [1.807, 2.05) is 12.1 Å². The first kappa shape index (κ1) is 14.8. The van der Waals surface area contributed by atoms with Gasteiger partial charge in [-0.2, -0.15) is 0 Å². The molecular formula is C16H16O5. The van der Waals surface area contributed by atoms with Crippen LogP contribution in [0.4, 0.5) is 0 Å². The smallest absolute Gasteiger partial charge is 0.341 e. The molecule has 0 fully saturated rings. The third-order valence-corrected chi connectivity index (χ3v) is 3.36. The molecule has 1 aliphatic rings. The van der Waals surface area contributed by atoms with Gasteiger partial charge in [-0.1, -0.05) is 24.3 Å². The van der Waals surface area contributed by atoms with Crippen LogP contribution >= 0.6 is 0 Å². The van der Waals surface area contributed by atoms with E-state index in [-0.39, 0.29) is 11.3 Å². The lowest BCUT2D eigenvalue weighted by Crippen LogP contribution is -2.13. The van der Waals surface area contributed by atoms with Crippen LogP contribution in [0.25, 0.3) is 5.76 Å². The van der Waals surface area contributed by atoms with Gasteiger partial charge in [-0.3, -0.25) is 0 Å². The van der Waals surface area contributed by atoms with Gasteiger partial charge in [0.2, 0.25) is 0 Å². The molecule has 0 saturated heterocycles. The number of aliphatic hydroxyl groups is 1. The molecule has 0 saturated carbocycles. The predicted molar refractivity (Wildman–Crippen MR) is 76.4 cm³/mol. The van der Waals surface area contributed by atoms with E-state index in [4.69, 9.17) is 4.74 Å². The number of methoxy groups -OCH3 is 2. The van der Waals surface area contributed by atoms with Crippen LogP contribution in [0.3, 0.4) is 0 Å². The Hall–Kier alpha value is -2.56. The van der Waals surface area contributed by atoms with E-state index in [2.05, 4.69) is 4.74 Å². The van der Waals surface area contributed by atoms with Crippen LogP contribution in [-0.2, 0) is 25.5 Å². The van der Waals surface area contributed by atoms with Crippen molar-refractivity contribution < 1.29 is 24.2 Å². The minimum Gasteiger partial charge on any atom is -0.506 e. The molecule has 5 heteroatoms. The summed E-state index contributed by atoms with van der Waals surface area (Å²) in [4.78, 5) is 23.6. The van der Waals surface area contributed by atoms with Gasteiger partial charge in [-0.25, -0.2) is 9.59 Å². The van der Waals surface area contributed by atoms with Crippen molar-refractivity contribution in [2.24, 2.45) is 0 Å². The predicted octanol–water partition coefficient (Wildman–Crippen LogP) is 2.17. The van der Waals surface area contributed by atoms with Crippen molar-refractivity contribution in [3.63, 3.8) is 0 Å². The fourth-order valence-corrected chi connectivity index (χ4v) is 2.26. The summed E-state index contributed by atoms with van der Waals surface area (Å²) < 4.78 is 9.39. The molecule has 5 nitrogen and oxygen atoms in total. The van der Waals surface area contributed by atoms with E-state index in [1.54, 1.807) is 12.1 Å². The lowest BCUT2D eigenvalue weighted by atomic mass is 9.92. The Morgan fingerprint density at radius 1 is 1.05 bits per heavy atom. The Bertz CT molecular complexity index is 640. The van der Waals surface area contributed by atoms with Gasteiger partial charge in [0.1, 0.15) is 11.3 Å². The lowest BCUT2D eigenvalue weighted by molar-refractivity contribution is -0.136. The molecule has 21 heavy (non-hydrogen) atoms. The van der Waals surface area contributed by atoms with Crippen LogP contribution in [-0.4, -0.2) is 31.3 Å². The molecule has 1 N–H and O–H groups in total. The molecule has 0 bridgehead atoms. The molecule has 0 aromatic heterocycles. The van der Waals surface area contributed by atoms with Crippen molar-refractivity contribution in [1.29, 1.82) is 0 Å². The summed E-state index contributed by atoms with van der Waals surface area (Å²) in [6.07, 6.45) is 2.32. The molecule has 0 atom stereocenters. The number of rotatable bonds is 2. The number of hydrogen-bond donors (Lipinski definition) is 1. The van der Waals surface area contributed by atoms with E-state index >= 15 is 0 Å². The Morgan fingerprint density at radius 2 is 1.71 bits per heavy atom. The van der Waals surface area contributed by atoms with Gasteiger partial charge in [0.05, 0.1) is 14.2 Å². The number of benzene rings is 1. The van der Waals surface area contributed by atoms with Crippen molar-refractivity contribution >= 4 is 17.7 Å². The number of ether oxygens (including phenoxy) is 2. The van der Waals surface area contributed by atoms with Crippen molar-refractivity contribution in [1.82, 2.24) is 0 Å². The number of carbonyl (C=O) groups excluding carboxylic acids is 2. The Labute approximate surface area is 122 Å². The van der Waals surface area contributed by atoms with Crippen LogP contribution in [0, 0.1) is 0 Å². The van der Waals surface area contributed by atoms with Crippen molar-refractivity contribution in [2.45, 2.75) is 12.8 Å². The van der Waals surface area contributed by atoms with Gasteiger partial charge >= 0.3 is 11.9 Å². The second-order valence-corrected chi connectivity index (χ2v) is 4.57. The summed E-state index contributed by atoms with van der Waals surface area (Å²) in [7, 11) is 2.50. The second-order valence-electron chi connectivity index (χ2n) is 4.57. The largest absolute Gasteiger partial charge is 0.506 e. The number of carbonyl (C=O) groups is 2. The van der Waals surface area contributed by atoms with E-state index in [9.17, 15) is 14.7 Å². The quantitative estimate of drug-likeness (QED) is 0.844. The SMILES string of the molecule is COC(=O)C1=CC(C(=O)OC)=C(O)c2ccccc2CC1. The van der Waals surface area contributed by atoms with E-state index < -0.39 is 11.9 Å². The number of aliphatic hydroxyl groups excluding tert-OH is 1. The fourth-order valence-electron chi connectivity index (χ4n) is 2.26. The molecule has 1 aliphatic carbocycles. The van der Waals surface area contributed by atoms with Crippen LogP contribution in [0.1, 0.15) is 17.5 Å². The molecule has 2 rings (SSSR count). The standard InChI is InChI=1S/C16H16O5/c1-20-15(18)11-8-7-10-5-3-4-6-12(10)14(17)13(9-11)16(19)21-2/h3-6,9,17H,7-8H2,1-2H3. The van der Waals surface area contributed by atoms with Crippen LogP contribution in [0.5, 0.6) is 0 Å². The van der Waals surface area contributed by atoms with Crippen LogP contribution < -0.4 is 0 Å². The minimum atomic E-state index is -0.703. The molecular weight excluding hydrogens is 272 g/mol. The highest BCUT2D eigenvalue weighted by Gasteiger charge is 2.23. The summed E-state index contributed by atoms with van der Waals surface area (Å²) in [6, 6.07) is 7.19. The maximum atomic E-state index is 11.9. The maximum absolute atomic E-state index is 11.9. The second kappa shape index (κ2) is 6.26. The third-order valence-electron chi connectivity index (χ3n) is 3.36. The summed E-state index contributed by atoms with van der Waals surface area (Å²) in [5, 5.41) is 10.4. The van der Waals surface area contributed by atoms with Crippen LogP contribution in [0.2, 0.25) is 0 Å². The minimum absolute atomic E-state index is 0.0509. The van der Waals surface area contributed by atoms with Crippen molar-refractivity contribution in [3.05, 3.63) is 52.6 Å². The zero-order chi connectivity index (χ0) is 15.4. The van der Waals surface area contributed by atoms with Gasteiger partial charge in [-0.05, 0) is 24.5 Å². The highest BCUT2D eigenvalue weighted by Crippen LogP contribution is 2.28. The summed E-state index contributed by atoms with van der Waals surface area (Å²) in [5.41, 5.74) is 1.69. The molecule has 0 amide bonds. The van der Waals surface area contributed by atoms with Crippen LogP contribution in [0.15, 0.2) is 41.5 Å². The molecule has 110 valence electrons.